The molecule has 0 aliphatic rings. The molecule has 2 amide bonds. The molecule has 0 fully saturated rings. The predicted octanol–water partition coefficient (Wildman–Crippen LogP) is 2.92. The number of amides is 2. The second kappa shape index (κ2) is 9.02. The molecule has 1 atom stereocenters. The molecule has 1 unspecified atom stereocenters. The maximum absolute atomic E-state index is 11.7. The molecule has 1 aromatic carbocycles. The Morgan fingerprint density at radius 1 is 1.48 bits per heavy atom. The summed E-state index contributed by atoms with van der Waals surface area (Å²) in [5.41, 5.74) is 1.56. The molecule has 0 aliphatic heterocycles. The number of nitrogens with one attached hydrogen (secondary N) is 2. The van der Waals surface area contributed by atoms with Crippen molar-refractivity contribution in [3.63, 3.8) is 0 Å². The Morgan fingerprint density at radius 3 is 2.90 bits per heavy atom. The van der Waals surface area contributed by atoms with Crippen molar-refractivity contribution in [1.82, 2.24) is 5.32 Å². The van der Waals surface area contributed by atoms with Crippen LogP contribution in [0.2, 0.25) is 0 Å². The molecule has 5 heteroatoms. The molecule has 5 nitrogen and oxygen atoms in total. The van der Waals surface area contributed by atoms with Crippen LogP contribution in [-0.4, -0.2) is 30.4 Å². The van der Waals surface area contributed by atoms with Crippen LogP contribution in [0, 0.1) is 0 Å². The number of hydrogen-bond donors (Lipinski definition) is 3. The van der Waals surface area contributed by atoms with Crippen molar-refractivity contribution in [2.75, 3.05) is 18.5 Å². The molecule has 0 aliphatic carbocycles. The first-order chi connectivity index (χ1) is 10.0. The summed E-state index contributed by atoms with van der Waals surface area (Å²) < 4.78 is 5.51. The molecule has 0 bridgehead atoms. The molecule has 0 spiro atoms. The number of ether oxygens (including phenoxy) is 1. The van der Waals surface area contributed by atoms with Crippen LogP contribution in [0.5, 0.6) is 5.75 Å². The number of aliphatic hydroxyl groups excluding tert-OH is 1. The van der Waals surface area contributed by atoms with Crippen LogP contribution in [-0.2, 0) is 0 Å². The van der Waals surface area contributed by atoms with Gasteiger partial charge in [-0.1, -0.05) is 26.0 Å². The molecular formula is C16H24N2O3. The Bertz CT molecular complexity index is 474. The van der Waals surface area contributed by atoms with Gasteiger partial charge in [-0.15, -0.1) is 0 Å². The van der Waals surface area contributed by atoms with Crippen molar-refractivity contribution in [1.29, 1.82) is 0 Å². The molecular weight excluding hydrogens is 268 g/mol. The van der Waals surface area contributed by atoms with E-state index in [-0.39, 0.29) is 12.6 Å². The van der Waals surface area contributed by atoms with E-state index in [0.717, 1.165) is 12.0 Å². The Balaban J connectivity index is 2.44. The molecule has 0 saturated heterocycles. The average molecular weight is 292 g/mol. The van der Waals surface area contributed by atoms with Gasteiger partial charge >= 0.3 is 6.03 Å². The van der Waals surface area contributed by atoms with E-state index in [1.807, 2.05) is 19.9 Å². The first-order valence-electron chi connectivity index (χ1n) is 7.11. The van der Waals surface area contributed by atoms with Crippen molar-refractivity contribution in [2.45, 2.75) is 32.8 Å². The topological polar surface area (TPSA) is 70.6 Å². The van der Waals surface area contributed by atoms with Crippen LogP contribution in [0.4, 0.5) is 10.5 Å². The number of benzene rings is 1. The Hall–Kier alpha value is -2.01. The SMILES string of the molecule is C=C(C)COc1cccc(NC(=O)NCC(O)CCC)c1. The van der Waals surface area contributed by atoms with Crippen LogP contribution in [0.3, 0.4) is 0 Å². The van der Waals surface area contributed by atoms with E-state index in [2.05, 4.69) is 17.2 Å². The van der Waals surface area contributed by atoms with Gasteiger partial charge in [0.05, 0.1) is 6.10 Å². The van der Waals surface area contributed by atoms with Crippen molar-refractivity contribution in [3.8, 4) is 5.75 Å². The van der Waals surface area contributed by atoms with Gasteiger partial charge in [-0.3, -0.25) is 0 Å². The third-order valence-electron chi connectivity index (χ3n) is 2.70. The van der Waals surface area contributed by atoms with Crippen LogP contribution >= 0.6 is 0 Å². The molecule has 0 aromatic heterocycles. The smallest absolute Gasteiger partial charge is 0.319 e. The quantitative estimate of drug-likeness (QED) is 0.645. The summed E-state index contributed by atoms with van der Waals surface area (Å²) in [6.07, 6.45) is 1.04. The third-order valence-corrected chi connectivity index (χ3v) is 2.70. The van der Waals surface area contributed by atoms with E-state index in [1.54, 1.807) is 18.2 Å². The molecule has 1 rings (SSSR count). The van der Waals surface area contributed by atoms with Gasteiger partial charge in [-0.25, -0.2) is 4.79 Å². The minimum absolute atomic E-state index is 0.242. The zero-order chi connectivity index (χ0) is 15.7. The molecule has 1 aromatic rings. The summed E-state index contributed by atoms with van der Waals surface area (Å²) in [5.74, 6) is 0.668. The highest BCUT2D eigenvalue weighted by Crippen LogP contribution is 2.17. The number of rotatable bonds is 8. The fourth-order valence-electron chi connectivity index (χ4n) is 1.69. The monoisotopic (exact) mass is 292 g/mol. The fourth-order valence-corrected chi connectivity index (χ4v) is 1.69. The van der Waals surface area contributed by atoms with Gasteiger partial charge in [0, 0.05) is 18.3 Å². The number of urea groups is 1. The van der Waals surface area contributed by atoms with Gasteiger partial charge in [-0.05, 0) is 31.1 Å². The highest BCUT2D eigenvalue weighted by Gasteiger charge is 2.06. The summed E-state index contributed by atoms with van der Waals surface area (Å²) in [6.45, 7) is 8.33. The number of aliphatic hydroxyl groups is 1. The predicted molar refractivity (Wildman–Crippen MR) is 84.7 cm³/mol. The molecule has 21 heavy (non-hydrogen) atoms. The highest BCUT2D eigenvalue weighted by atomic mass is 16.5. The lowest BCUT2D eigenvalue weighted by molar-refractivity contribution is 0.162. The van der Waals surface area contributed by atoms with Gasteiger partial charge in [0.15, 0.2) is 0 Å². The molecule has 0 saturated carbocycles. The number of carbonyl (C=O) groups excluding carboxylic acids is 1. The summed E-state index contributed by atoms with van der Waals surface area (Å²) in [5, 5.41) is 14.9. The van der Waals surface area contributed by atoms with Gasteiger partial charge < -0.3 is 20.5 Å². The standard InChI is InChI=1S/C16H24N2O3/c1-4-6-14(19)10-17-16(20)18-13-7-5-8-15(9-13)21-11-12(2)3/h5,7-9,14,19H,2,4,6,10-11H2,1,3H3,(H2,17,18,20). The Labute approximate surface area is 126 Å². The number of carbonyl (C=O) groups is 1. The highest BCUT2D eigenvalue weighted by molar-refractivity contribution is 5.89. The van der Waals surface area contributed by atoms with E-state index in [0.29, 0.717) is 24.5 Å². The summed E-state index contributed by atoms with van der Waals surface area (Å²) in [6, 6.07) is 6.79. The lowest BCUT2D eigenvalue weighted by Gasteiger charge is -2.12. The Kier molecular flexibility index (Phi) is 7.32. The second-order valence-electron chi connectivity index (χ2n) is 5.05. The fraction of sp³-hybridized carbons (Fsp3) is 0.438. The average Bonchev–Trinajstić information content (AvgIpc) is 2.44. The summed E-state index contributed by atoms with van der Waals surface area (Å²) in [7, 11) is 0. The summed E-state index contributed by atoms with van der Waals surface area (Å²) in [4.78, 5) is 11.7. The van der Waals surface area contributed by atoms with E-state index >= 15 is 0 Å². The lowest BCUT2D eigenvalue weighted by Crippen LogP contribution is -2.35. The molecule has 3 N–H and O–H groups in total. The van der Waals surface area contributed by atoms with Gasteiger partial charge in [0.1, 0.15) is 12.4 Å². The second-order valence-corrected chi connectivity index (χ2v) is 5.05. The van der Waals surface area contributed by atoms with E-state index in [1.165, 1.54) is 0 Å². The minimum Gasteiger partial charge on any atom is -0.489 e. The largest absolute Gasteiger partial charge is 0.489 e. The van der Waals surface area contributed by atoms with Crippen molar-refractivity contribution < 1.29 is 14.6 Å². The van der Waals surface area contributed by atoms with Crippen LogP contribution in [0.15, 0.2) is 36.4 Å². The molecule has 0 heterocycles. The zero-order valence-corrected chi connectivity index (χ0v) is 12.7. The van der Waals surface area contributed by atoms with E-state index < -0.39 is 6.10 Å². The Morgan fingerprint density at radius 2 is 2.24 bits per heavy atom. The molecule has 116 valence electrons. The molecule has 0 radical (unpaired) electrons. The van der Waals surface area contributed by atoms with Crippen LogP contribution < -0.4 is 15.4 Å². The maximum Gasteiger partial charge on any atom is 0.319 e. The zero-order valence-electron chi connectivity index (χ0n) is 12.7. The van der Waals surface area contributed by atoms with Gasteiger partial charge in [0.2, 0.25) is 0 Å². The van der Waals surface area contributed by atoms with Crippen molar-refractivity contribution in [2.24, 2.45) is 0 Å². The van der Waals surface area contributed by atoms with Crippen molar-refractivity contribution in [3.05, 3.63) is 36.4 Å². The van der Waals surface area contributed by atoms with Gasteiger partial charge in [-0.2, -0.15) is 0 Å². The van der Waals surface area contributed by atoms with Crippen LogP contribution in [0.25, 0.3) is 0 Å². The normalized spacial score (nSPS) is 11.6. The first-order valence-corrected chi connectivity index (χ1v) is 7.11. The number of anilines is 1. The third kappa shape index (κ3) is 7.37. The maximum atomic E-state index is 11.7. The first kappa shape index (κ1) is 17.0. The van der Waals surface area contributed by atoms with Crippen molar-refractivity contribution >= 4 is 11.7 Å². The lowest BCUT2D eigenvalue weighted by atomic mass is 10.2. The van der Waals surface area contributed by atoms with E-state index in [4.69, 9.17) is 4.74 Å². The van der Waals surface area contributed by atoms with E-state index in [9.17, 15) is 9.90 Å². The van der Waals surface area contributed by atoms with Gasteiger partial charge in [0.25, 0.3) is 0 Å². The minimum atomic E-state index is -0.508. The summed E-state index contributed by atoms with van der Waals surface area (Å²) >= 11 is 0. The van der Waals surface area contributed by atoms with Crippen LogP contribution in [0.1, 0.15) is 26.7 Å². The number of hydrogen-bond acceptors (Lipinski definition) is 3.